The lowest BCUT2D eigenvalue weighted by Crippen LogP contribution is -2.55. The lowest BCUT2D eigenvalue weighted by Gasteiger charge is -2.25. The Morgan fingerprint density at radius 1 is 0.921 bits per heavy atom. The van der Waals surface area contributed by atoms with Gasteiger partial charge in [-0.05, 0) is 19.1 Å². The minimum atomic E-state index is -1.95. The zero-order chi connectivity index (χ0) is 28.7. The summed E-state index contributed by atoms with van der Waals surface area (Å²) in [6.07, 6.45) is -2.97. The van der Waals surface area contributed by atoms with Crippen molar-refractivity contribution in [3.63, 3.8) is 0 Å². The molecule has 0 aliphatic carbocycles. The number of ketones is 1. The van der Waals surface area contributed by atoms with Gasteiger partial charge in [0.2, 0.25) is 11.6 Å². The quantitative estimate of drug-likeness (QED) is 0.122. The summed E-state index contributed by atoms with van der Waals surface area (Å²) in [5.41, 5.74) is -0.919. The lowest BCUT2D eigenvalue weighted by atomic mass is 10.1. The van der Waals surface area contributed by atoms with Gasteiger partial charge in [-0.25, -0.2) is 17.6 Å². The number of hydrogen-bond acceptors (Lipinski definition) is 7. The molecule has 3 unspecified atom stereocenters. The van der Waals surface area contributed by atoms with E-state index in [1.54, 1.807) is 5.32 Å². The van der Waals surface area contributed by atoms with Crippen molar-refractivity contribution in [1.82, 2.24) is 10.6 Å². The number of hydrogen-bond donors (Lipinski definition) is 5. The fourth-order valence-electron chi connectivity index (χ4n) is 2.85. The van der Waals surface area contributed by atoms with Crippen LogP contribution in [0.15, 0.2) is 24.3 Å². The van der Waals surface area contributed by atoms with Crippen LogP contribution in [0.3, 0.4) is 0 Å². The largest absolute Gasteiger partial charge is 0.481 e. The molecular weight excluding hydrogens is 532 g/mol. The van der Waals surface area contributed by atoms with E-state index in [0.29, 0.717) is 0 Å². The van der Waals surface area contributed by atoms with Crippen LogP contribution in [0.2, 0.25) is 0 Å². The van der Waals surface area contributed by atoms with Gasteiger partial charge in [-0.1, -0.05) is 6.07 Å². The monoisotopic (exact) mass is 551 g/mol. The molecule has 0 aliphatic rings. The Bertz CT molecular complexity index is 1200. The van der Waals surface area contributed by atoms with Crippen molar-refractivity contribution in [2.45, 2.75) is 31.7 Å². The molecule has 0 saturated carbocycles. The number of nitrogens with one attached hydrogen (secondary N) is 3. The van der Waals surface area contributed by atoms with E-state index in [-0.39, 0.29) is 6.07 Å². The number of amides is 2. The summed E-state index contributed by atoms with van der Waals surface area (Å²) in [6.45, 7) is -0.211. The van der Waals surface area contributed by atoms with Crippen LogP contribution in [0.1, 0.15) is 13.3 Å². The molecule has 2 rings (SSSR count). The van der Waals surface area contributed by atoms with E-state index in [0.717, 1.165) is 25.1 Å². The Morgan fingerprint density at radius 3 is 2.00 bits per heavy atom. The number of aliphatic hydroxyl groups excluding tert-OH is 1. The first-order valence-corrected chi connectivity index (χ1v) is 10.4. The third kappa shape index (κ3) is 7.66. The molecule has 5 N–H and O–H groups in total. The molecule has 0 aliphatic heterocycles. The Hall–Kier alpha value is -4.18. The molecule has 0 saturated heterocycles. The van der Waals surface area contributed by atoms with E-state index in [2.05, 4.69) is 10.1 Å². The minimum Gasteiger partial charge on any atom is -0.481 e. The normalized spacial score (nSPS) is 13.3. The van der Waals surface area contributed by atoms with E-state index in [4.69, 9.17) is 5.11 Å². The molecule has 0 radical (unpaired) electrons. The van der Waals surface area contributed by atoms with Gasteiger partial charge in [0, 0.05) is 6.07 Å². The molecule has 0 fully saturated rings. The number of anilines is 1. The summed E-state index contributed by atoms with van der Waals surface area (Å²) in [4.78, 5) is 47.5. The van der Waals surface area contributed by atoms with Gasteiger partial charge in [-0.3, -0.25) is 24.5 Å². The van der Waals surface area contributed by atoms with Gasteiger partial charge in [-0.2, -0.15) is 8.78 Å². The van der Waals surface area contributed by atoms with Crippen molar-refractivity contribution >= 4 is 29.3 Å². The highest BCUT2D eigenvalue weighted by molar-refractivity contribution is 6.39. The van der Waals surface area contributed by atoms with E-state index < -0.39 is 101 Å². The van der Waals surface area contributed by atoms with E-state index in [1.807, 2.05) is 5.32 Å². The van der Waals surface area contributed by atoms with Gasteiger partial charge in [-0.15, -0.1) is 0 Å². The molecule has 0 heterocycles. The zero-order valence-electron chi connectivity index (χ0n) is 19.2. The highest BCUT2D eigenvalue weighted by atomic mass is 19.2. The standard InChI is InChI=1S/C22H19F6N3O7/c1-8(29-21(36)22(37)31-18-9(23)3-2-4-10(18)24)20(35)30-13(6-15(33)34)14(32)7-38-19-16(27)11(25)5-12(26)17(19)28/h2-5,8,13,20,30,35H,6-7H2,1H3,(H,29,36)(H,31,37)(H,33,34). The highest BCUT2D eigenvalue weighted by Crippen LogP contribution is 2.26. The first-order valence-electron chi connectivity index (χ1n) is 10.4. The molecule has 10 nitrogen and oxygen atoms in total. The molecule has 2 aromatic rings. The second-order valence-corrected chi connectivity index (χ2v) is 7.63. The van der Waals surface area contributed by atoms with Crippen LogP contribution in [-0.4, -0.2) is 58.7 Å². The topological polar surface area (TPSA) is 154 Å². The number of carbonyl (C=O) groups is 4. The van der Waals surface area contributed by atoms with Crippen LogP contribution in [0.5, 0.6) is 5.75 Å². The Labute approximate surface area is 209 Å². The smallest absolute Gasteiger partial charge is 0.313 e. The maximum Gasteiger partial charge on any atom is 0.313 e. The number of para-hydroxylation sites is 1. The van der Waals surface area contributed by atoms with Crippen molar-refractivity contribution in [1.29, 1.82) is 0 Å². The van der Waals surface area contributed by atoms with Crippen molar-refractivity contribution in [2.24, 2.45) is 0 Å². The maximum atomic E-state index is 13.7. The number of ether oxygens (including phenoxy) is 1. The van der Waals surface area contributed by atoms with Crippen molar-refractivity contribution in [3.05, 3.63) is 59.2 Å². The second kappa shape index (κ2) is 12.9. The molecule has 3 atom stereocenters. The van der Waals surface area contributed by atoms with Gasteiger partial charge in [0.15, 0.2) is 23.2 Å². The van der Waals surface area contributed by atoms with Crippen LogP contribution in [0.4, 0.5) is 32.0 Å². The maximum absolute atomic E-state index is 13.7. The number of carbonyl (C=O) groups excluding carboxylic acids is 3. The number of aliphatic carboxylic acids is 1. The fourth-order valence-corrected chi connectivity index (χ4v) is 2.85. The summed E-state index contributed by atoms with van der Waals surface area (Å²) in [5, 5.41) is 25.0. The lowest BCUT2D eigenvalue weighted by molar-refractivity contribution is -0.140. The van der Waals surface area contributed by atoms with Gasteiger partial charge in [0.25, 0.3) is 0 Å². The molecule has 0 aromatic heterocycles. The Balaban J connectivity index is 2.04. The summed E-state index contributed by atoms with van der Waals surface area (Å²) in [5.74, 6) is -17.4. The van der Waals surface area contributed by atoms with E-state index in [9.17, 15) is 50.6 Å². The third-order valence-electron chi connectivity index (χ3n) is 4.81. The SMILES string of the molecule is CC(NC(=O)C(=O)Nc1c(F)cccc1F)C(O)NC(CC(=O)O)C(=O)COc1c(F)c(F)cc(F)c1F. The average Bonchev–Trinajstić information content (AvgIpc) is 2.83. The van der Waals surface area contributed by atoms with Crippen LogP contribution < -0.4 is 20.7 Å². The van der Waals surface area contributed by atoms with E-state index >= 15 is 0 Å². The van der Waals surface area contributed by atoms with Crippen molar-refractivity contribution < 1.29 is 60.5 Å². The number of benzene rings is 2. The fraction of sp³-hybridized carbons (Fsp3) is 0.273. The van der Waals surface area contributed by atoms with Crippen molar-refractivity contribution in [3.8, 4) is 5.75 Å². The van der Waals surface area contributed by atoms with Crippen LogP contribution in [-0.2, 0) is 19.2 Å². The molecule has 16 heteroatoms. The highest BCUT2D eigenvalue weighted by Gasteiger charge is 2.30. The molecule has 2 amide bonds. The summed E-state index contributed by atoms with van der Waals surface area (Å²) in [7, 11) is 0. The number of rotatable bonds is 11. The second-order valence-electron chi connectivity index (χ2n) is 7.63. The summed E-state index contributed by atoms with van der Waals surface area (Å²) >= 11 is 0. The molecular formula is C22H19F6N3O7. The van der Waals surface area contributed by atoms with Crippen LogP contribution >= 0.6 is 0 Å². The molecule has 2 aromatic carbocycles. The third-order valence-corrected chi connectivity index (χ3v) is 4.81. The molecule has 0 spiro atoms. The summed E-state index contributed by atoms with van der Waals surface area (Å²) < 4.78 is 85.8. The number of aliphatic hydroxyl groups is 1. The molecule has 206 valence electrons. The number of halogens is 6. The van der Waals surface area contributed by atoms with Crippen LogP contribution in [0.25, 0.3) is 0 Å². The molecule has 0 bridgehead atoms. The number of Topliss-reactive ketones (excluding diaryl/α,β-unsaturated/α-hetero) is 1. The van der Waals surface area contributed by atoms with Gasteiger partial charge < -0.3 is 25.6 Å². The molecule has 38 heavy (non-hydrogen) atoms. The first-order chi connectivity index (χ1) is 17.7. The minimum absolute atomic E-state index is 0.104. The van der Waals surface area contributed by atoms with Gasteiger partial charge in [0.1, 0.15) is 30.2 Å². The van der Waals surface area contributed by atoms with Crippen molar-refractivity contribution in [2.75, 3.05) is 11.9 Å². The van der Waals surface area contributed by atoms with Gasteiger partial charge in [0.05, 0.1) is 18.5 Å². The predicted molar refractivity (Wildman–Crippen MR) is 115 cm³/mol. The number of carboxylic acids is 1. The number of carboxylic acid groups (broad SMARTS) is 1. The summed E-state index contributed by atoms with van der Waals surface area (Å²) in [6, 6.07) is -0.738. The average molecular weight is 551 g/mol. The van der Waals surface area contributed by atoms with Gasteiger partial charge >= 0.3 is 17.8 Å². The van der Waals surface area contributed by atoms with Crippen LogP contribution in [0, 0.1) is 34.9 Å². The first kappa shape index (κ1) is 30.0. The zero-order valence-corrected chi connectivity index (χ0v) is 19.2. The Kier molecular flexibility index (Phi) is 10.2. The predicted octanol–water partition coefficient (Wildman–Crippen LogP) is 1.36. The Morgan fingerprint density at radius 2 is 1.47 bits per heavy atom. The van der Waals surface area contributed by atoms with E-state index in [1.165, 1.54) is 0 Å².